The Morgan fingerprint density at radius 2 is 2.05 bits per heavy atom. The number of aliphatic hydroxyl groups excluding tert-OH is 1. The van der Waals surface area contributed by atoms with E-state index in [1.54, 1.807) is 0 Å². The van der Waals surface area contributed by atoms with E-state index in [9.17, 15) is 4.79 Å². The van der Waals surface area contributed by atoms with Gasteiger partial charge in [0.05, 0.1) is 18.8 Å². The Morgan fingerprint density at radius 3 is 2.68 bits per heavy atom. The van der Waals surface area contributed by atoms with Crippen LogP contribution in [0.5, 0.6) is 0 Å². The quantitative estimate of drug-likeness (QED) is 0.934. The number of nitrogens with zero attached hydrogens (tertiary/aromatic N) is 3. The lowest BCUT2D eigenvalue weighted by atomic mass is 10.1. The van der Waals surface area contributed by atoms with Crippen LogP contribution in [0.3, 0.4) is 0 Å². The van der Waals surface area contributed by atoms with Crippen molar-refractivity contribution in [2.75, 3.05) is 24.5 Å². The van der Waals surface area contributed by atoms with Crippen LogP contribution in [0.4, 0.5) is 5.13 Å². The Bertz CT molecular complexity index is 654. The van der Waals surface area contributed by atoms with Crippen LogP contribution in [0.1, 0.15) is 16.8 Å². The molecule has 5 nitrogen and oxygen atoms in total. The van der Waals surface area contributed by atoms with Crippen molar-refractivity contribution >= 4 is 22.4 Å². The molecule has 1 fully saturated rings. The van der Waals surface area contributed by atoms with Crippen LogP contribution in [-0.4, -0.2) is 40.5 Å². The van der Waals surface area contributed by atoms with Gasteiger partial charge in [-0.1, -0.05) is 29.8 Å². The van der Waals surface area contributed by atoms with Crippen molar-refractivity contribution in [2.45, 2.75) is 20.1 Å². The molecule has 0 atom stereocenters. The Balaban J connectivity index is 1.62. The highest BCUT2D eigenvalue weighted by atomic mass is 32.1. The van der Waals surface area contributed by atoms with Gasteiger partial charge in [0.25, 0.3) is 0 Å². The van der Waals surface area contributed by atoms with Gasteiger partial charge in [-0.25, -0.2) is 4.98 Å². The first kappa shape index (κ1) is 15.0. The maximum Gasteiger partial charge on any atom is 0.242 e. The second-order valence-corrected chi connectivity index (χ2v) is 6.34. The molecule has 0 spiro atoms. The van der Waals surface area contributed by atoms with Crippen LogP contribution in [0.25, 0.3) is 0 Å². The maximum atomic E-state index is 12.3. The summed E-state index contributed by atoms with van der Waals surface area (Å²) in [5, 5.41) is 11.7. The van der Waals surface area contributed by atoms with Crippen LogP contribution in [0, 0.1) is 6.92 Å². The number of benzene rings is 1. The Hall–Kier alpha value is -1.92. The van der Waals surface area contributed by atoms with Crippen molar-refractivity contribution in [1.82, 2.24) is 9.88 Å². The minimum Gasteiger partial charge on any atom is -0.390 e. The van der Waals surface area contributed by atoms with Gasteiger partial charge in [0.15, 0.2) is 5.13 Å². The van der Waals surface area contributed by atoms with E-state index < -0.39 is 0 Å². The summed E-state index contributed by atoms with van der Waals surface area (Å²) in [5.74, 6) is 0.118. The third-order valence-corrected chi connectivity index (χ3v) is 4.74. The molecule has 1 N–H and O–H groups in total. The highest BCUT2D eigenvalue weighted by molar-refractivity contribution is 7.13. The van der Waals surface area contributed by atoms with Gasteiger partial charge in [-0.2, -0.15) is 0 Å². The molecule has 6 heteroatoms. The summed E-state index contributed by atoms with van der Waals surface area (Å²) in [5.41, 5.74) is 3.04. The summed E-state index contributed by atoms with van der Waals surface area (Å²) in [6.07, 6.45) is 0. The first-order valence-corrected chi connectivity index (χ1v) is 8.17. The van der Waals surface area contributed by atoms with Crippen molar-refractivity contribution in [2.24, 2.45) is 0 Å². The molecule has 0 bridgehead atoms. The number of piperazine rings is 1. The van der Waals surface area contributed by atoms with Crippen LogP contribution >= 0.6 is 11.3 Å². The number of carbonyl (C=O) groups excluding carboxylic acids is 1. The lowest BCUT2D eigenvalue weighted by Crippen LogP contribution is -2.50. The molecule has 0 aliphatic carbocycles. The monoisotopic (exact) mass is 317 g/mol. The van der Waals surface area contributed by atoms with Crippen LogP contribution in [-0.2, 0) is 17.9 Å². The molecule has 0 unspecified atom stereocenters. The maximum absolute atomic E-state index is 12.3. The third kappa shape index (κ3) is 3.28. The second kappa shape index (κ2) is 6.46. The number of amides is 1. The normalized spacial score (nSPS) is 15.5. The van der Waals surface area contributed by atoms with Crippen molar-refractivity contribution in [1.29, 1.82) is 0 Å². The van der Waals surface area contributed by atoms with Gasteiger partial charge in [-0.3, -0.25) is 4.79 Å². The molecule has 1 aliphatic rings. The number of thiazole rings is 1. The summed E-state index contributed by atoms with van der Waals surface area (Å²) in [6.45, 7) is 4.48. The largest absolute Gasteiger partial charge is 0.390 e. The summed E-state index contributed by atoms with van der Waals surface area (Å²) in [7, 11) is 0. The van der Waals surface area contributed by atoms with E-state index in [1.807, 2.05) is 15.2 Å². The second-order valence-electron chi connectivity index (χ2n) is 5.50. The molecule has 22 heavy (non-hydrogen) atoms. The predicted octanol–water partition coefficient (Wildman–Crippen LogP) is 1.79. The number of hydrogen-bond acceptors (Lipinski definition) is 5. The Morgan fingerprint density at radius 1 is 1.27 bits per heavy atom. The summed E-state index contributed by atoms with van der Waals surface area (Å²) >= 11 is 1.47. The zero-order valence-corrected chi connectivity index (χ0v) is 13.3. The van der Waals surface area contributed by atoms with Gasteiger partial charge in [0.2, 0.25) is 5.91 Å². The van der Waals surface area contributed by atoms with E-state index in [0.29, 0.717) is 25.3 Å². The topological polar surface area (TPSA) is 56.7 Å². The number of aromatic nitrogens is 1. The molecule has 0 radical (unpaired) electrons. The van der Waals surface area contributed by atoms with E-state index in [1.165, 1.54) is 16.9 Å². The molecule has 1 saturated heterocycles. The molecule has 2 aromatic rings. The fourth-order valence-corrected chi connectivity index (χ4v) is 3.31. The average molecular weight is 317 g/mol. The Kier molecular flexibility index (Phi) is 4.40. The number of hydrogen-bond donors (Lipinski definition) is 1. The molecule has 1 aromatic heterocycles. The van der Waals surface area contributed by atoms with Crippen molar-refractivity contribution < 1.29 is 9.90 Å². The minimum absolute atomic E-state index is 0.0577. The lowest BCUT2D eigenvalue weighted by molar-refractivity contribution is -0.131. The average Bonchev–Trinajstić information content (AvgIpc) is 3.00. The van der Waals surface area contributed by atoms with Crippen molar-refractivity contribution in [3.8, 4) is 0 Å². The van der Waals surface area contributed by atoms with Gasteiger partial charge >= 0.3 is 0 Å². The SMILES string of the molecule is Cc1ccc(CN2CCN(c3nc(CO)cs3)CC2=O)cc1. The van der Waals surface area contributed by atoms with E-state index in [0.717, 1.165) is 17.2 Å². The van der Waals surface area contributed by atoms with E-state index in [-0.39, 0.29) is 12.5 Å². The van der Waals surface area contributed by atoms with E-state index in [4.69, 9.17) is 5.11 Å². The van der Waals surface area contributed by atoms with Gasteiger partial charge in [0, 0.05) is 25.0 Å². The summed E-state index contributed by atoms with van der Waals surface area (Å²) in [4.78, 5) is 20.5. The lowest BCUT2D eigenvalue weighted by Gasteiger charge is -2.34. The minimum atomic E-state index is -0.0577. The number of carbonyl (C=O) groups is 1. The molecular weight excluding hydrogens is 298 g/mol. The van der Waals surface area contributed by atoms with E-state index in [2.05, 4.69) is 36.2 Å². The molecule has 1 amide bonds. The Labute approximate surface area is 133 Å². The smallest absolute Gasteiger partial charge is 0.242 e. The predicted molar refractivity (Wildman–Crippen MR) is 86.8 cm³/mol. The fraction of sp³-hybridized carbons (Fsp3) is 0.375. The van der Waals surface area contributed by atoms with Crippen LogP contribution < -0.4 is 4.90 Å². The van der Waals surface area contributed by atoms with Gasteiger partial charge in [-0.15, -0.1) is 11.3 Å². The van der Waals surface area contributed by atoms with Gasteiger partial charge in [0.1, 0.15) is 0 Å². The number of anilines is 1. The van der Waals surface area contributed by atoms with E-state index >= 15 is 0 Å². The molecule has 116 valence electrons. The molecular formula is C16H19N3O2S. The zero-order chi connectivity index (χ0) is 15.5. The van der Waals surface area contributed by atoms with Crippen molar-refractivity contribution in [3.63, 3.8) is 0 Å². The molecule has 0 saturated carbocycles. The van der Waals surface area contributed by atoms with Gasteiger partial charge < -0.3 is 14.9 Å². The molecule has 1 aliphatic heterocycles. The fourth-order valence-electron chi connectivity index (χ4n) is 2.47. The number of rotatable bonds is 4. The number of aliphatic hydroxyl groups is 1. The number of aryl methyl sites for hydroxylation is 1. The van der Waals surface area contributed by atoms with Crippen LogP contribution in [0.15, 0.2) is 29.6 Å². The summed E-state index contributed by atoms with van der Waals surface area (Å²) in [6, 6.07) is 8.29. The van der Waals surface area contributed by atoms with Crippen LogP contribution in [0.2, 0.25) is 0 Å². The molecule has 2 heterocycles. The highest BCUT2D eigenvalue weighted by Crippen LogP contribution is 2.22. The first-order chi connectivity index (χ1) is 10.7. The standard InChI is InChI=1S/C16H19N3O2S/c1-12-2-4-13(5-3-12)8-18-6-7-19(9-15(18)21)16-17-14(10-20)11-22-16/h2-5,11,20H,6-10H2,1H3. The van der Waals surface area contributed by atoms with Crippen molar-refractivity contribution in [3.05, 3.63) is 46.5 Å². The third-order valence-electron chi connectivity index (χ3n) is 3.78. The highest BCUT2D eigenvalue weighted by Gasteiger charge is 2.25. The molecule has 3 rings (SSSR count). The summed E-state index contributed by atoms with van der Waals surface area (Å²) < 4.78 is 0. The first-order valence-electron chi connectivity index (χ1n) is 7.29. The molecule has 1 aromatic carbocycles. The zero-order valence-electron chi connectivity index (χ0n) is 12.5. The van der Waals surface area contributed by atoms with Gasteiger partial charge in [-0.05, 0) is 12.5 Å².